The van der Waals surface area contributed by atoms with Crippen LogP contribution in [0, 0.1) is 0 Å². The largest absolute Gasteiger partial charge is 0.496 e. The Hall–Kier alpha value is -2.62. The maximum atomic E-state index is 12.2. The molecule has 0 aliphatic heterocycles. The quantitative estimate of drug-likeness (QED) is 0.833. The average Bonchev–Trinajstić information content (AvgIpc) is 2.55. The molecule has 120 valence electrons. The molecule has 0 bridgehead atoms. The fourth-order valence-electron chi connectivity index (χ4n) is 2.44. The van der Waals surface area contributed by atoms with Gasteiger partial charge in [0.15, 0.2) is 5.78 Å². The van der Waals surface area contributed by atoms with Crippen LogP contribution < -0.4 is 10.1 Å². The minimum absolute atomic E-state index is 0.0193. The van der Waals surface area contributed by atoms with Gasteiger partial charge >= 0.3 is 0 Å². The van der Waals surface area contributed by atoms with Crippen LogP contribution in [0.2, 0.25) is 0 Å². The highest BCUT2D eigenvalue weighted by Crippen LogP contribution is 2.24. The SMILES string of the molecule is COc1ccccc1[C@H](C)NC(=O)Cc1ccc(C(C)=O)cc1. The molecule has 2 aromatic rings. The summed E-state index contributed by atoms with van der Waals surface area (Å²) in [5.74, 6) is 0.705. The molecule has 23 heavy (non-hydrogen) atoms. The van der Waals surface area contributed by atoms with Crippen molar-refractivity contribution in [1.29, 1.82) is 0 Å². The molecule has 0 aromatic heterocycles. The van der Waals surface area contributed by atoms with Gasteiger partial charge in [0, 0.05) is 11.1 Å². The molecule has 4 nitrogen and oxygen atoms in total. The molecule has 0 heterocycles. The molecule has 1 N–H and O–H groups in total. The van der Waals surface area contributed by atoms with Crippen molar-refractivity contribution in [2.24, 2.45) is 0 Å². The van der Waals surface area contributed by atoms with E-state index >= 15 is 0 Å². The van der Waals surface area contributed by atoms with Crippen LogP contribution in [0.4, 0.5) is 0 Å². The summed E-state index contributed by atoms with van der Waals surface area (Å²) < 4.78 is 5.32. The first-order chi connectivity index (χ1) is 11.0. The van der Waals surface area contributed by atoms with Crippen molar-refractivity contribution < 1.29 is 14.3 Å². The number of ether oxygens (including phenoxy) is 1. The van der Waals surface area contributed by atoms with Crippen LogP contribution in [-0.2, 0) is 11.2 Å². The third-order valence-electron chi connectivity index (χ3n) is 3.71. The number of carbonyl (C=O) groups excluding carboxylic acids is 2. The number of hydrogen-bond donors (Lipinski definition) is 1. The van der Waals surface area contributed by atoms with Crippen molar-refractivity contribution in [3.63, 3.8) is 0 Å². The zero-order valence-corrected chi connectivity index (χ0v) is 13.6. The fraction of sp³-hybridized carbons (Fsp3) is 0.263. The highest BCUT2D eigenvalue weighted by molar-refractivity contribution is 5.94. The average molecular weight is 311 g/mol. The van der Waals surface area contributed by atoms with Gasteiger partial charge in [-0.05, 0) is 25.5 Å². The van der Waals surface area contributed by atoms with Crippen LogP contribution in [0.25, 0.3) is 0 Å². The molecule has 0 saturated heterocycles. The second kappa shape index (κ2) is 7.58. The lowest BCUT2D eigenvalue weighted by molar-refractivity contribution is -0.121. The van der Waals surface area contributed by atoms with E-state index in [9.17, 15) is 9.59 Å². The number of para-hydroxylation sites is 1. The Morgan fingerprint density at radius 1 is 1.09 bits per heavy atom. The van der Waals surface area contributed by atoms with E-state index in [4.69, 9.17) is 4.74 Å². The van der Waals surface area contributed by atoms with Gasteiger partial charge in [-0.2, -0.15) is 0 Å². The number of carbonyl (C=O) groups is 2. The predicted octanol–water partition coefficient (Wildman–Crippen LogP) is 3.32. The number of nitrogens with one attached hydrogen (secondary N) is 1. The van der Waals surface area contributed by atoms with Crippen LogP contribution in [0.3, 0.4) is 0 Å². The van der Waals surface area contributed by atoms with Crippen LogP contribution in [0.15, 0.2) is 48.5 Å². The summed E-state index contributed by atoms with van der Waals surface area (Å²) in [6.07, 6.45) is 0.275. The third kappa shape index (κ3) is 4.42. The third-order valence-corrected chi connectivity index (χ3v) is 3.71. The van der Waals surface area contributed by atoms with Crippen molar-refractivity contribution in [1.82, 2.24) is 5.32 Å². The molecule has 0 fully saturated rings. The van der Waals surface area contributed by atoms with Gasteiger partial charge in [0.05, 0.1) is 19.6 Å². The highest BCUT2D eigenvalue weighted by Gasteiger charge is 2.14. The lowest BCUT2D eigenvalue weighted by Gasteiger charge is -2.17. The fourth-order valence-corrected chi connectivity index (χ4v) is 2.44. The maximum absolute atomic E-state index is 12.2. The van der Waals surface area contributed by atoms with E-state index in [1.165, 1.54) is 6.92 Å². The Morgan fingerprint density at radius 2 is 1.74 bits per heavy atom. The van der Waals surface area contributed by atoms with Gasteiger partial charge in [0.1, 0.15) is 5.75 Å². The minimum atomic E-state index is -0.143. The first kappa shape index (κ1) is 16.7. The lowest BCUT2D eigenvalue weighted by Crippen LogP contribution is -2.28. The van der Waals surface area contributed by atoms with E-state index in [1.807, 2.05) is 43.3 Å². The number of rotatable bonds is 6. The summed E-state index contributed by atoms with van der Waals surface area (Å²) in [7, 11) is 1.62. The number of Topliss-reactive ketones (excluding diaryl/α,β-unsaturated/α-hetero) is 1. The molecule has 2 aromatic carbocycles. The standard InChI is InChI=1S/C19H21NO3/c1-13(17-6-4-5-7-18(17)23-3)20-19(22)12-15-8-10-16(11-9-15)14(2)21/h4-11,13H,12H2,1-3H3,(H,20,22)/t13-/m0/s1. The second-order valence-electron chi connectivity index (χ2n) is 5.46. The molecule has 1 atom stereocenters. The number of amides is 1. The maximum Gasteiger partial charge on any atom is 0.224 e. The van der Waals surface area contributed by atoms with Gasteiger partial charge in [-0.1, -0.05) is 42.5 Å². The molecule has 0 aliphatic carbocycles. The van der Waals surface area contributed by atoms with Gasteiger partial charge in [0.2, 0.25) is 5.91 Å². The second-order valence-corrected chi connectivity index (χ2v) is 5.46. The molecule has 0 spiro atoms. The topological polar surface area (TPSA) is 55.4 Å². The summed E-state index contributed by atoms with van der Waals surface area (Å²) in [6.45, 7) is 3.45. The highest BCUT2D eigenvalue weighted by atomic mass is 16.5. The van der Waals surface area contributed by atoms with E-state index in [-0.39, 0.29) is 24.2 Å². The Morgan fingerprint density at radius 3 is 2.35 bits per heavy atom. The Labute approximate surface area is 136 Å². The van der Waals surface area contributed by atoms with Crippen molar-refractivity contribution in [3.05, 3.63) is 65.2 Å². The van der Waals surface area contributed by atoms with E-state index in [2.05, 4.69) is 5.32 Å². The number of ketones is 1. The molecular weight excluding hydrogens is 290 g/mol. The van der Waals surface area contributed by atoms with Gasteiger partial charge in [-0.15, -0.1) is 0 Å². The van der Waals surface area contributed by atoms with E-state index in [0.717, 1.165) is 16.9 Å². The number of benzene rings is 2. The van der Waals surface area contributed by atoms with Gasteiger partial charge in [0.25, 0.3) is 0 Å². The molecule has 0 aliphatic rings. The van der Waals surface area contributed by atoms with Crippen LogP contribution >= 0.6 is 0 Å². The van der Waals surface area contributed by atoms with Crippen molar-refractivity contribution >= 4 is 11.7 Å². The smallest absolute Gasteiger partial charge is 0.224 e. The summed E-state index contributed by atoms with van der Waals surface area (Å²) in [5.41, 5.74) is 2.46. The number of hydrogen-bond acceptors (Lipinski definition) is 3. The monoisotopic (exact) mass is 311 g/mol. The zero-order chi connectivity index (χ0) is 16.8. The van der Waals surface area contributed by atoms with Gasteiger partial charge < -0.3 is 10.1 Å². The van der Waals surface area contributed by atoms with Crippen LogP contribution in [0.1, 0.15) is 41.4 Å². The number of methoxy groups -OCH3 is 1. The van der Waals surface area contributed by atoms with E-state index in [0.29, 0.717) is 5.56 Å². The molecule has 0 unspecified atom stereocenters. The van der Waals surface area contributed by atoms with E-state index < -0.39 is 0 Å². The van der Waals surface area contributed by atoms with Gasteiger partial charge in [-0.25, -0.2) is 0 Å². The van der Waals surface area contributed by atoms with Crippen molar-refractivity contribution in [3.8, 4) is 5.75 Å². The molecular formula is C19H21NO3. The predicted molar refractivity (Wildman–Crippen MR) is 89.7 cm³/mol. The van der Waals surface area contributed by atoms with Crippen molar-refractivity contribution in [2.45, 2.75) is 26.3 Å². The summed E-state index contributed by atoms with van der Waals surface area (Å²) >= 11 is 0. The van der Waals surface area contributed by atoms with Gasteiger partial charge in [-0.3, -0.25) is 9.59 Å². The summed E-state index contributed by atoms with van der Waals surface area (Å²) in [4.78, 5) is 23.4. The Bertz CT molecular complexity index is 692. The summed E-state index contributed by atoms with van der Waals surface area (Å²) in [5, 5.41) is 2.97. The molecule has 1 amide bonds. The molecule has 0 radical (unpaired) electrons. The Balaban J connectivity index is 2.00. The molecule has 4 heteroatoms. The summed E-state index contributed by atoms with van der Waals surface area (Å²) in [6, 6.07) is 14.6. The van der Waals surface area contributed by atoms with Crippen LogP contribution in [-0.4, -0.2) is 18.8 Å². The van der Waals surface area contributed by atoms with Crippen molar-refractivity contribution in [2.75, 3.05) is 7.11 Å². The Kier molecular flexibility index (Phi) is 5.52. The molecule has 0 saturated carbocycles. The van der Waals surface area contributed by atoms with E-state index in [1.54, 1.807) is 19.2 Å². The first-order valence-corrected chi connectivity index (χ1v) is 7.53. The lowest BCUT2D eigenvalue weighted by atomic mass is 10.0. The molecule has 2 rings (SSSR count). The minimum Gasteiger partial charge on any atom is -0.496 e. The van der Waals surface area contributed by atoms with Crippen LogP contribution in [0.5, 0.6) is 5.75 Å². The normalized spacial score (nSPS) is 11.6. The first-order valence-electron chi connectivity index (χ1n) is 7.53. The zero-order valence-electron chi connectivity index (χ0n) is 13.6.